The van der Waals surface area contributed by atoms with Crippen molar-refractivity contribution in [3.05, 3.63) is 35.4 Å². The lowest BCUT2D eigenvalue weighted by Gasteiger charge is -2.27. The number of ether oxygens (including phenoxy) is 1. The summed E-state index contributed by atoms with van der Waals surface area (Å²) in [4.78, 5) is 24.7. The van der Waals surface area contributed by atoms with E-state index in [9.17, 15) is 9.59 Å². The molecule has 1 aliphatic heterocycles. The molecule has 2 N–H and O–H groups in total. The Morgan fingerprint density at radius 1 is 1.32 bits per heavy atom. The molecule has 1 saturated heterocycles. The summed E-state index contributed by atoms with van der Waals surface area (Å²) in [7, 11) is 1.36. The van der Waals surface area contributed by atoms with Crippen molar-refractivity contribution in [2.45, 2.75) is 26.3 Å². The number of rotatable bonds is 5. The summed E-state index contributed by atoms with van der Waals surface area (Å²) >= 11 is 0. The van der Waals surface area contributed by atoms with Crippen molar-refractivity contribution in [1.82, 2.24) is 5.32 Å². The highest BCUT2D eigenvalue weighted by Gasteiger charge is 2.21. The number of amides is 1. The van der Waals surface area contributed by atoms with Crippen molar-refractivity contribution < 1.29 is 19.2 Å². The van der Waals surface area contributed by atoms with Gasteiger partial charge in [-0.1, -0.05) is 19.1 Å². The fraction of sp³-hybridized carbons (Fsp3) is 0.529. The molecule has 1 fully saturated rings. The van der Waals surface area contributed by atoms with Gasteiger partial charge in [0.25, 0.3) is 5.91 Å². The van der Waals surface area contributed by atoms with Gasteiger partial charge in [-0.3, -0.25) is 4.79 Å². The molecule has 22 heavy (non-hydrogen) atoms. The minimum Gasteiger partial charge on any atom is -0.465 e. The monoisotopic (exact) mass is 305 g/mol. The van der Waals surface area contributed by atoms with Gasteiger partial charge in [0.1, 0.15) is 0 Å². The first-order valence-electron chi connectivity index (χ1n) is 7.86. The molecule has 1 amide bonds. The van der Waals surface area contributed by atoms with Gasteiger partial charge in [0.2, 0.25) is 0 Å². The first-order valence-corrected chi connectivity index (χ1v) is 7.86. The van der Waals surface area contributed by atoms with E-state index in [1.165, 1.54) is 24.9 Å². The Hall–Kier alpha value is -1.88. The van der Waals surface area contributed by atoms with Crippen molar-refractivity contribution in [2.75, 3.05) is 26.7 Å². The predicted octanol–water partition coefficient (Wildman–Crippen LogP) is 0.404. The van der Waals surface area contributed by atoms with Crippen LogP contribution in [0.3, 0.4) is 0 Å². The number of nitrogens with one attached hydrogen (secondary N) is 2. The lowest BCUT2D eigenvalue weighted by Crippen LogP contribution is -3.14. The van der Waals surface area contributed by atoms with E-state index >= 15 is 0 Å². The quantitative estimate of drug-likeness (QED) is 0.775. The van der Waals surface area contributed by atoms with Gasteiger partial charge >= 0.3 is 5.97 Å². The molecule has 1 aromatic rings. The van der Waals surface area contributed by atoms with E-state index in [1.54, 1.807) is 12.1 Å². The molecule has 0 aliphatic carbocycles. The van der Waals surface area contributed by atoms with Gasteiger partial charge in [-0.15, -0.1) is 0 Å². The molecule has 2 rings (SSSR count). The zero-order valence-corrected chi connectivity index (χ0v) is 13.4. The van der Waals surface area contributed by atoms with E-state index < -0.39 is 0 Å². The van der Waals surface area contributed by atoms with Gasteiger partial charge < -0.3 is 15.0 Å². The number of hydrogen-bond donors (Lipinski definition) is 2. The maximum absolute atomic E-state index is 12.0. The maximum atomic E-state index is 12.0. The first-order chi connectivity index (χ1) is 10.6. The second kappa shape index (κ2) is 7.94. The maximum Gasteiger partial charge on any atom is 0.337 e. The molecule has 1 heterocycles. The second-order valence-electron chi connectivity index (χ2n) is 6.09. The Morgan fingerprint density at radius 2 is 2.05 bits per heavy atom. The van der Waals surface area contributed by atoms with Gasteiger partial charge in [-0.2, -0.15) is 0 Å². The Kier molecular flexibility index (Phi) is 5.95. The molecule has 0 spiro atoms. The van der Waals surface area contributed by atoms with Crippen LogP contribution in [-0.4, -0.2) is 38.6 Å². The third kappa shape index (κ3) is 4.84. The van der Waals surface area contributed by atoms with Crippen LogP contribution in [-0.2, 0) is 16.1 Å². The highest BCUT2D eigenvalue weighted by atomic mass is 16.5. The molecule has 0 bridgehead atoms. The van der Waals surface area contributed by atoms with Crippen molar-refractivity contribution >= 4 is 11.9 Å². The number of piperidine rings is 1. The number of methoxy groups -OCH3 is 1. The van der Waals surface area contributed by atoms with Crippen molar-refractivity contribution in [3.63, 3.8) is 0 Å². The molecule has 5 heteroatoms. The van der Waals surface area contributed by atoms with Crippen LogP contribution in [0.5, 0.6) is 0 Å². The van der Waals surface area contributed by atoms with Crippen LogP contribution < -0.4 is 10.2 Å². The number of hydrogen-bond acceptors (Lipinski definition) is 3. The van der Waals surface area contributed by atoms with Crippen molar-refractivity contribution in [1.29, 1.82) is 0 Å². The molecule has 5 nitrogen and oxygen atoms in total. The van der Waals surface area contributed by atoms with Crippen LogP contribution >= 0.6 is 0 Å². The fourth-order valence-corrected chi connectivity index (χ4v) is 2.92. The summed E-state index contributed by atoms with van der Waals surface area (Å²) in [6, 6.07) is 7.10. The molecule has 1 aromatic carbocycles. The number of carbonyl (C=O) groups is 2. The highest BCUT2D eigenvalue weighted by molar-refractivity contribution is 5.89. The predicted molar refractivity (Wildman–Crippen MR) is 83.6 cm³/mol. The molecule has 0 saturated carbocycles. The van der Waals surface area contributed by atoms with Gasteiger partial charge in [-0.05, 0) is 30.5 Å². The van der Waals surface area contributed by atoms with E-state index in [-0.39, 0.29) is 11.9 Å². The van der Waals surface area contributed by atoms with Crippen LogP contribution in [0, 0.1) is 5.92 Å². The van der Waals surface area contributed by atoms with Gasteiger partial charge in [-0.25, -0.2) is 4.79 Å². The Labute approximate surface area is 131 Å². The zero-order valence-electron chi connectivity index (χ0n) is 13.4. The standard InChI is InChI=1S/C17H24N2O3/c1-13-4-3-9-19(11-13)12-16(20)18-10-14-5-7-15(8-6-14)17(21)22-2/h5-8,13H,3-4,9-12H2,1-2H3,(H,18,20)/p+1/t13-/m0/s1. The average Bonchev–Trinajstić information content (AvgIpc) is 2.52. The minimum atomic E-state index is -0.349. The normalized spacial score (nSPS) is 21.2. The first kappa shape index (κ1) is 16.5. The van der Waals surface area contributed by atoms with E-state index in [0.29, 0.717) is 24.6 Å². The van der Waals surface area contributed by atoms with Crippen molar-refractivity contribution in [2.24, 2.45) is 5.92 Å². The topological polar surface area (TPSA) is 59.8 Å². The molecule has 120 valence electrons. The lowest BCUT2D eigenvalue weighted by atomic mass is 10.0. The summed E-state index contributed by atoms with van der Waals surface area (Å²) in [6.07, 6.45) is 2.48. The van der Waals surface area contributed by atoms with Crippen LogP contribution in [0.1, 0.15) is 35.7 Å². The van der Waals surface area contributed by atoms with E-state index in [4.69, 9.17) is 0 Å². The summed E-state index contributed by atoms with van der Waals surface area (Å²) < 4.78 is 4.66. The molecule has 0 aromatic heterocycles. The second-order valence-corrected chi connectivity index (χ2v) is 6.09. The smallest absolute Gasteiger partial charge is 0.337 e. The Bertz CT molecular complexity index is 513. The number of esters is 1. The number of carbonyl (C=O) groups excluding carboxylic acids is 2. The number of likely N-dealkylation sites (tertiary alicyclic amines) is 1. The third-order valence-electron chi connectivity index (χ3n) is 4.14. The van der Waals surface area contributed by atoms with Crippen LogP contribution in [0.4, 0.5) is 0 Å². The molecule has 0 radical (unpaired) electrons. The number of quaternary nitrogens is 1. The van der Waals surface area contributed by atoms with Crippen LogP contribution in [0.25, 0.3) is 0 Å². The molecular weight excluding hydrogens is 280 g/mol. The SMILES string of the molecule is COC(=O)c1ccc(CNC(=O)C[NH+]2CCC[C@H](C)C2)cc1. The minimum absolute atomic E-state index is 0.0844. The zero-order chi connectivity index (χ0) is 15.9. The van der Waals surface area contributed by atoms with Crippen LogP contribution in [0.15, 0.2) is 24.3 Å². The van der Waals surface area contributed by atoms with Crippen molar-refractivity contribution in [3.8, 4) is 0 Å². The summed E-state index contributed by atoms with van der Waals surface area (Å²) in [6.45, 7) is 5.46. The van der Waals surface area contributed by atoms with Gasteiger partial charge in [0, 0.05) is 12.5 Å². The molecular formula is C17H25N2O3+. The Morgan fingerprint density at radius 3 is 2.68 bits per heavy atom. The van der Waals surface area contributed by atoms with E-state index in [2.05, 4.69) is 17.0 Å². The van der Waals surface area contributed by atoms with E-state index in [1.807, 2.05) is 12.1 Å². The van der Waals surface area contributed by atoms with Gasteiger partial charge in [0.15, 0.2) is 6.54 Å². The molecule has 1 unspecified atom stereocenters. The summed E-state index contributed by atoms with van der Waals surface area (Å²) in [5, 5.41) is 2.95. The Balaban J connectivity index is 1.77. The summed E-state index contributed by atoms with van der Waals surface area (Å²) in [5.74, 6) is 0.446. The lowest BCUT2D eigenvalue weighted by molar-refractivity contribution is -0.900. The largest absolute Gasteiger partial charge is 0.465 e. The average molecular weight is 305 g/mol. The number of benzene rings is 1. The molecule has 1 aliphatic rings. The third-order valence-corrected chi connectivity index (χ3v) is 4.14. The van der Waals surface area contributed by atoms with Crippen LogP contribution in [0.2, 0.25) is 0 Å². The highest BCUT2D eigenvalue weighted by Crippen LogP contribution is 2.06. The fourth-order valence-electron chi connectivity index (χ4n) is 2.92. The summed E-state index contributed by atoms with van der Waals surface area (Å²) in [5.41, 5.74) is 1.49. The van der Waals surface area contributed by atoms with Gasteiger partial charge in [0.05, 0.1) is 25.8 Å². The van der Waals surface area contributed by atoms with E-state index in [0.717, 1.165) is 18.7 Å². The molecule has 2 atom stereocenters.